The average Bonchev–Trinajstić information content (AvgIpc) is 2.22. The van der Waals surface area contributed by atoms with Crippen molar-refractivity contribution in [2.45, 2.75) is 46.0 Å². The quantitative estimate of drug-likeness (QED) is 0.808. The smallest absolute Gasteiger partial charge is 0.00713 e. The molecule has 0 radical (unpaired) electrons. The highest BCUT2D eigenvalue weighted by atomic mass is 14.5. The van der Waals surface area contributed by atoms with Gasteiger partial charge in [-0.05, 0) is 68.2 Å². The molecule has 2 N–H and O–H groups in total. The van der Waals surface area contributed by atoms with Crippen molar-refractivity contribution in [2.75, 3.05) is 6.54 Å². The third-order valence-corrected chi connectivity index (χ3v) is 4.07. The summed E-state index contributed by atoms with van der Waals surface area (Å²) < 4.78 is 0. The molecule has 0 amide bonds. The van der Waals surface area contributed by atoms with Gasteiger partial charge in [0.2, 0.25) is 0 Å². The first-order valence-corrected chi connectivity index (χ1v) is 6.43. The Hall–Kier alpha value is -0.820. The molecule has 0 saturated heterocycles. The van der Waals surface area contributed by atoms with Gasteiger partial charge in [0, 0.05) is 0 Å². The van der Waals surface area contributed by atoms with E-state index < -0.39 is 0 Å². The highest BCUT2D eigenvalue weighted by Crippen LogP contribution is 2.39. The fourth-order valence-corrected chi connectivity index (χ4v) is 3.20. The van der Waals surface area contributed by atoms with Crippen LogP contribution in [0.15, 0.2) is 12.1 Å². The zero-order valence-corrected chi connectivity index (χ0v) is 10.7. The molecule has 0 aliphatic heterocycles. The minimum absolute atomic E-state index is 0.687. The van der Waals surface area contributed by atoms with E-state index in [1.807, 2.05) is 0 Å². The molecule has 2 atom stereocenters. The van der Waals surface area contributed by atoms with Crippen molar-refractivity contribution in [2.24, 2.45) is 11.7 Å². The maximum Gasteiger partial charge on any atom is -0.00713 e. The molecule has 1 aromatic carbocycles. The van der Waals surface area contributed by atoms with Crippen LogP contribution in [-0.4, -0.2) is 6.54 Å². The van der Waals surface area contributed by atoms with Crippen molar-refractivity contribution in [3.63, 3.8) is 0 Å². The van der Waals surface area contributed by atoms with Crippen LogP contribution in [0.2, 0.25) is 0 Å². The van der Waals surface area contributed by atoms with Crippen molar-refractivity contribution in [1.82, 2.24) is 0 Å². The first-order valence-electron chi connectivity index (χ1n) is 6.43. The second kappa shape index (κ2) is 4.58. The van der Waals surface area contributed by atoms with Gasteiger partial charge in [0.05, 0.1) is 0 Å². The largest absolute Gasteiger partial charge is 0.330 e. The Morgan fingerprint density at radius 3 is 2.75 bits per heavy atom. The molecule has 1 aromatic rings. The number of nitrogens with two attached hydrogens (primary N) is 1. The van der Waals surface area contributed by atoms with Crippen LogP contribution in [0.25, 0.3) is 0 Å². The Kier molecular flexibility index (Phi) is 3.34. The lowest BCUT2D eigenvalue weighted by atomic mass is 9.73. The summed E-state index contributed by atoms with van der Waals surface area (Å²) >= 11 is 0. The zero-order chi connectivity index (χ0) is 11.7. The molecule has 1 aliphatic rings. The number of fused-ring (bicyclic) bond motifs is 1. The highest BCUT2D eigenvalue weighted by molar-refractivity contribution is 5.42. The number of aryl methyl sites for hydroxylation is 2. The van der Waals surface area contributed by atoms with Crippen molar-refractivity contribution in [3.05, 3.63) is 34.4 Å². The maximum atomic E-state index is 5.75. The highest BCUT2D eigenvalue weighted by Gasteiger charge is 2.26. The molecule has 2 unspecified atom stereocenters. The monoisotopic (exact) mass is 217 g/mol. The van der Waals surface area contributed by atoms with Gasteiger partial charge in [-0.1, -0.05) is 24.6 Å². The SMILES string of the molecule is Cc1cc(C)c2c(c1)C(CCN)C(C)CC2. The summed E-state index contributed by atoms with van der Waals surface area (Å²) in [6, 6.07) is 4.70. The van der Waals surface area contributed by atoms with E-state index in [1.54, 1.807) is 11.1 Å². The van der Waals surface area contributed by atoms with Crippen molar-refractivity contribution < 1.29 is 0 Å². The molecule has 1 heteroatoms. The number of rotatable bonds is 2. The van der Waals surface area contributed by atoms with Gasteiger partial charge in [-0.3, -0.25) is 0 Å². The summed E-state index contributed by atoms with van der Waals surface area (Å²) in [7, 11) is 0. The fraction of sp³-hybridized carbons (Fsp3) is 0.600. The van der Waals surface area contributed by atoms with Crippen LogP contribution in [0.5, 0.6) is 0 Å². The van der Waals surface area contributed by atoms with Gasteiger partial charge in [-0.25, -0.2) is 0 Å². The van der Waals surface area contributed by atoms with Gasteiger partial charge in [0.1, 0.15) is 0 Å². The molecule has 1 nitrogen and oxygen atoms in total. The lowest BCUT2D eigenvalue weighted by molar-refractivity contribution is 0.386. The van der Waals surface area contributed by atoms with Crippen molar-refractivity contribution in [3.8, 4) is 0 Å². The van der Waals surface area contributed by atoms with E-state index in [0.29, 0.717) is 5.92 Å². The van der Waals surface area contributed by atoms with Crippen LogP contribution in [0.1, 0.15) is 47.9 Å². The molecular formula is C15H23N. The van der Waals surface area contributed by atoms with E-state index in [-0.39, 0.29) is 0 Å². The minimum atomic E-state index is 0.687. The van der Waals surface area contributed by atoms with Gasteiger partial charge in [0.25, 0.3) is 0 Å². The van der Waals surface area contributed by atoms with Crippen LogP contribution in [0.4, 0.5) is 0 Å². The summed E-state index contributed by atoms with van der Waals surface area (Å²) in [5.41, 5.74) is 11.8. The summed E-state index contributed by atoms with van der Waals surface area (Å²) in [5, 5.41) is 0. The molecule has 0 bridgehead atoms. The second-order valence-electron chi connectivity index (χ2n) is 5.35. The molecule has 0 heterocycles. The van der Waals surface area contributed by atoms with Gasteiger partial charge in [-0.15, -0.1) is 0 Å². The minimum Gasteiger partial charge on any atom is -0.330 e. The maximum absolute atomic E-state index is 5.75. The van der Waals surface area contributed by atoms with E-state index in [4.69, 9.17) is 5.73 Å². The van der Waals surface area contributed by atoms with E-state index in [9.17, 15) is 0 Å². The van der Waals surface area contributed by atoms with E-state index >= 15 is 0 Å². The van der Waals surface area contributed by atoms with Gasteiger partial charge in [-0.2, -0.15) is 0 Å². The normalized spacial score (nSPS) is 24.2. The van der Waals surface area contributed by atoms with Crippen LogP contribution in [-0.2, 0) is 6.42 Å². The number of benzene rings is 1. The van der Waals surface area contributed by atoms with Crippen molar-refractivity contribution in [1.29, 1.82) is 0 Å². The van der Waals surface area contributed by atoms with Crippen LogP contribution < -0.4 is 5.73 Å². The molecule has 16 heavy (non-hydrogen) atoms. The topological polar surface area (TPSA) is 26.0 Å². The average molecular weight is 217 g/mol. The third kappa shape index (κ3) is 2.01. The van der Waals surface area contributed by atoms with Crippen molar-refractivity contribution >= 4 is 0 Å². The third-order valence-electron chi connectivity index (χ3n) is 4.07. The number of hydrogen-bond donors (Lipinski definition) is 1. The Balaban J connectivity index is 2.45. The Bertz CT molecular complexity index is 381. The zero-order valence-electron chi connectivity index (χ0n) is 10.7. The van der Waals surface area contributed by atoms with Gasteiger partial charge >= 0.3 is 0 Å². The molecular weight excluding hydrogens is 194 g/mol. The molecule has 2 rings (SSSR count). The predicted octanol–water partition coefficient (Wildman–Crippen LogP) is 3.32. The Morgan fingerprint density at radius 2 is 2.06 bits per heavy atom. The number of hydrogen-bond acceptors (Lipinski definition) is 1. The van der Waals surface area contributed by atoms with Gasteiger partial charge < -0.3 is 5.73 Å². The predicted molar refractivity (Wildman–Crippen MR) is 69.8 cm³/mol. The van der Waals surface area contributed by atoms with Gasteiger partial charge in [0.15, 0.2) is 0 Å². The van der Waals surface area contributed by atoms with E-state index in [2.05, 4.69) is 32.9 Å². The first kappa shape index (κ1) is 11.7. The summed E-state index contributed by atoms with van der Waals surface area (Å²) in [6.45, 7) is 7.63. The Labute approximate surface area is 99.0 Å². The molecule has 0 saturated carbocycles. The van der Waals surface area contributed by atoms with E-state index in [1.165, 1.54) is 24.0 Å². The molecule has 1 aliphatic carbocycles. The molecule has 88 valence electrons. The summed E-state index contributed by atoms with van der Waals surface area (Å²) in [4.78, 5) is 0. The first-order chi connectivity index (χ1) is 7.63. The van der Waals surface area contributed by atoms with Crippen LogP contribution in [0, 0.1) is 19.8 Å². The lowest BCUT2D eigenvalue weighted by Gasteiger charge is -2.32. The van der Waals surface area contributed by atoms with Crippen LogP contribution >= 0.6 is 0 Å². The lowest BCUT2D eigenvalue weighted by Crippen LogP contribution is -2.22. The fourth-order valence-electron chi connectivity index (χ4n) is 3.20. The standard InChI is InChI=1S/C15H23N/c1-10-8-12(3)13-5-4-11(2)14(6-7-16)15(13)9-10/h8-9,11,14H,4-7,16H2,1-3H3. The Morgan fingerprint density at radius 1 is 1.31 bits per heavy atom. The van der Waals surface area contributed by atoms with E-state index in [0.717, 1.165) is 18.9 Å². The van der Waals surface area contributed by atoms with Crippen LogP contribution in [0.3, 0.4) is 0 Å². The molecule has 0 spiro atoms. The summed E-state index contributed by atoms with van der Waals surface area (Å²) in [6.07, 6.45) is 3.71. The molecule has 0 aromatic heterocycles. The molecule has 0 fully saturated rings. The summed E-state index contributed by atoms with van der Waals surface area (Å²) in [5.74, 6) is 1.48. The second-order valence-corrected chi connectivity index (χ2v) is 5.35.